The van der Waals surface area contributed by atoms with E-state index in [1.807, 2.05) is 6.92 Å². The van der Waals surface area contributed by atoms with E-state index in [1.54, 1.807) is 20.8 Å². The number of amides is 1. The molecule has 1 amide bonds. The van der Waals surface area contributed by atoms with Gasteiger partial charge in [0.05, 0.1) is 13.1 Å². The Kier molecular flexibility index (Phi) is 6.03. The minimum atomic E-state index is -0.547. The van der Waals surface area contributed by atoms with Crippen molar-refractivity contribution < 1.29 is 14.3 Å². The summed E-state index contributed by atoms with van der Waals surface area (Å²) in [6.07, 6.45) is 0.313. The van der Waals surface area contributed by atoms with Crippen molar-refractivity contribution in [1.82, 2.24) is 4.90 Å². The first-order chi connectivity index (χ1) is 7.30. The number of Topliss-reactive ketones (excluding diaryl/α,β-unsaturated/α-hetero) is 1. The summed E-state index contributed by atoms with van der Waals surface area (Å²) in [7, 11) is 0. The van der Waals surface area contributed by atoms with Crippen LogP contribution in [0.5, 0.6) is 0 Å². The third-order valence-electron chi connectivity index (χ3n) is 1.74. The van der Waals surface area contributed by atoms with Crippen molar-refractivity contribution in [2.45, 2.75) is 39.7 Å². The average Bonchev–Trinajstić information content (AvgIpc) is 2.14. The summed E-state index contributed by atoms with van der Waals surface area (Å²) in [6.45, 7) is 7.78. The molecule has 0 radical (unpaired) electrons. The highest BCUT2D eigenvalue weighted by Gasteiger charge is 2.22. The van der Waals surface area contributed by atoms with E-state index in [-0.39, 0.29) is 18.9 Å². The molecule has 0 aromatic carbocycles. The second-order valence-electron chi connectivity index (χ2n) is 4.64. The molecule has 0 saturated heterocycles. The van der Waals surface area contributed by atoms with Gasteiger partial charge in [-0.1, -0.05) is 6.92 Å². The fourth-order valence-corrected chi connectivity index (χ4v) is 1.11. The van der Waals surface area contributed by atoms with Crippen LogP contribution in [-0.4, -0.2) is 42.0 Å². The lowest BCUT2D eigenvalue weighted by Crippen LogP contribution is -2.41. The van der Waals surface area contributed by atoms with E-state index < -0.39 is 11.7 Å². The van der Waals surface area contributed by atoms with Crippen LogP contribution in [0.2, 0.25) is 0 Å². The molecule has 0 rings (SSSR count). The first-order valence-electron chi connectivity index (χ1n) is 5.50. The lowest BCUT2D eigenvalue weighted by Gasteiger charge is -2.26. The number of rotatable bonds is 5. The number of nitrogens with zero attached hydrogens (tertiary/aromatic N) is 1. The van der Waals surface area contributed by atoms with Crippen molar-refractivity contribution in [1.29, 1.82) is 0 Å². The largest absolute Gasteiger partial charge is 0.444 e. The molecule has 0 aliphatic rings. The predicted molar refractivity (Wildman–Crippen MR) is 62.2 cm³/mol. The minimum Gasteiger partial charge on any atom is -0.444 e. The summed E-state index contributed by atoms with van der Waals surface area (Å²) >= 11 is 0. The highest BCUT2D eigenvalue weighted by Crippen LogP contribution is 2.10. The third-order valence-corrected chi connectivity index (χ3v) is 1.74. The van der Waals surface area contributed by atoms with Gasteiger partial charge in [-0.15, -0.1) is 0 Å². The Morgan fingerprint density at radius 1 is 1.31 bits per heavy atom. The van der Waals surface area contributed by atoms with E-state index in [2.05, 4.69) is 0 Å². The van der Waals surface area contributed by atoms with Crippen LogP contribution >= 0.6 is 0 Å². The van der Waals surface area contributed by atoms with Crippen molar-refractivity contribution in [2.75, 3.05) is 19.6 Å². The maximum Gasteiger partial charge on any atom is 0.410 e. The van der Waals surface area contributed by atoms with Crippen LogP contribution in [0.3, 0.4) is 0 Å². The molecule has 0 aliphatic heterocycles. The fraction of sp³-hybridized carbons (Fsp3) is 0.818. The van der Waals surface area contributed by atoms with Gasteiger partial charge in [0, 0.05) is 6.54 Å². The van der Waals surface area contributed by atoms with Gasteiger partial charge in [-0.25, -0.2) is 4.79 Å². The summed E-state index contributed by atoms with van der Waals surface area (Å²) in [5, 5.41) is 0. The molecule has 0 aromatic rings. The van der Waals surface area contributed by atoms with Gasteiger partial charge in [0.2, 0.25) is 0 Å². The molecule has 0 saturated carbocycles. The van der Waals surface area contributed by atoms with Gasteiger partial charge in [0.25, 0.3) is 0 Å². The molecule has 0 heterocycles. The van der Waals surface area contributed by atoms with Gasteiger partial charge in [-0.05, 0) is 27.2 Å². The van der Waals surface area contributed by atoms with Gasteiger partial charge in [-0.3, -0.25) is 4.79 Å². The van der Waals surface area contributed by atoms with Crippen LogP contribution in [-0.2, 0) is 9.53 Å². The number of carbonyl (C=O) groups is 2. The van der Waals surface area contributed by atoms with Gasteiger partial charge >= 0.3 is 6.09 Å². The van der Waals surface area contributed by atoms with Crippen LogP contribution in [0.4, 0.5) is 4.79 Å². The Bertz CT molecular complexity index is 246. The van der Waals surface area contributed by atoms with Crippen molar-refractivity contribution in [2.24, 2.45) is 5.73 Å². The number of ketones is 1. The molecule has 0 atom stereocenters. The van der Waals surface area contributed by atoms with Crippen molar-refractivity contribution >= 4 is 11.9 Å². The zero-order chi connectivity index (χ0) is 12.8. The zero-order valence-corrected chi connectivity index (χ0v) is 10.6. The Morgan fingerprint density at radius 2 is 1.88 bits per heavy atom. The Hall–Kier alpha value is -1.10. The molecule has 16 heavy (non-hydrogen) atoms. The van der Waals surface area contributed by atoms with E-state index in [0.717, 1.165) is 6.42 Å². The number of nitrogens with two attached hydrogens (primary N) is 1. The van der Waals surface area contributed by atoms with Gasteiger partial charge < -0.3 is 15.4 Å². The predicted octanol–water partition coefficient (Wildman–Crippen LogP) is 1.16. The molecule has 2 N–H and O–H groups in total. The minimum absolute atomic E-state index is 0.0270. The quantitative estimate of drug-likeness (QED) is 0.769. The van der Waals surface area contributed by atoms with Gasteiger partial charge in [-0.2, -0.15) is 0 Å². The molecule has 0 aliphatic carbocycles. The second-order valence-corrected chi connectivity index (χ2v) is 4.64. The molecule has 0 unspecified atom stereocenters. The van der Waals surface area contributed by atoms with Crippen LogP contribution in [0.15, 0.2) is 0 Å². The summed E-state index contributed by atoms with van der Waals surface area (Å²) in [4.78, 5) is 24.3. The van der Waals surface area contributed by atoms with Crippen molar-refractivity contribution in [3.8, 4) is 0 Å². The molecule has 5 nitrogen and oxygen atoms in total. The number of carbonyl (C=O) groups excluding carboxylic acids is 2. The number of ether oxygens (including phenoxy) is 1. The van der Waals surface area contributed by atoms with Gasteiger partial charge in [0.15, 0.2) is 5.78 Å². The van der Waals surface area contributed by atoms with Crippen LogP contribution in [0.25, 0.3) is 0 Å². The number of hydrogen-bond acceptors (Lipinski definition) is 4. The molecule has 0 bridgehead atoms. The third kappa shape index (κ3) is 6.40. The lowest BCUT2D eigenvalue weighted by molar-refractivity contribution is -0.118. The Labute approximate surface area is 96.9 Å². The van der Waals surface area contributed by atoms with Crippen molar-refractivity contribution in [3.63, 3.8) is 0 Å². The van der Waals surface area contributed by atoms with E-state index in [0.29, 0.717) is 6.54 Å². The first-order valence-corrected chi connectivity index (χ1v) is 5.50. The molecule has 5 heteroatoms. The Balaban J connectivity index is 4.40. The van der Waals surface area contributed by atoms with Crippen LogP contribution in [0, 0.1) is 0 Å². The fourth-order valence-electron chi connectivity index (χ4n) is 1.11. The molecule has 0 spiro atoms. The zero-order valence-electron chi connectivity index (χ0n) is 10.6. The smallest absolute Gasteiger partial charge is 0.410 e. The van der Waals surface area contributed by atoms with Gasteiger partial charge in [0.1, 0.15) is 5.60 Å². The SMILES string of the molecule is CCCN(CC(=O)CN)C(=O)OC(C)(C)C. The summed E-state index contributed by atoms with van der Waals surface area (Å²) in [5.41, 5.74) is 4.67. The first kappa shape index (κ1) is 14.9. The topological polar surface area (TPSA) is 72.6 Å². The maximum absolute atomic E-state index is 11.7. The molecular weight excluding hydrogens is 208 g/mol. The Morgan fingerprint density at radius 3 is 2.25 bits per heavy atom. The van der Waals surface area contributed by atoms with Crippen LogP contribution < -0.4 is 5.73 Å². The molecule has 0 fully saturated rings. The summed E-state index contributed by atoms with van der Waals surface area (Å²) in [5.74, 6) is -0.167. The van der Waals surface area contributed by atoms with E-state index in [4.69, 9.17) is 10.5 Å². The highest BCUT2D eigenvalue weighted by molar-refractivity contribution is 5.85. The van der Waals surface area contributed by atoms with E-state index in [1.165, 1.54) is 4.90 Å². The lowest BCUT2D eigenvalue weighted by atomic mass is 10.2. The summed E-state index contributed by atoms with van der Waals surface area (Å²) in [6, 6.07) is 0. The standard InChI is InChI=1S/C11H22N2O3/c1-5-6-13(8-9(14)7-12)10(15)16-11(2,3)4/h5-8,12H2,1-4H3. The molecular formula is C11H22N2O3. The monoisotopic (exact) mass is 230 g/mol. The van der Waals surface area contributed by atoms with Crippen LogP contribution in [0.1, 0.15) is 34.1 Å². The van der Waals surface area contributed by atoms with E-state index >= 15 is 0 Å². The summed E-state index contributed by atoms with van der Waals surface area (Å²) < 4.78 is 5.19. The maximum atomic E-state index is 11.7. The second kappa shape index (κ2) is 6.48. The molecule has 0 aromatic heterocycles. The molecule has 94 valence electrons. The van der Waals surface area contributed by atoms with Crippen molar-refractivity contribution in [3.05, 3.63) is 0 Å². The number of hydrogen-bond donors (Lipinski definition) is 1. The highest BCUT2D eigenvalue weighted by atomic mass is 16.6. The van der Waals surface area contributed by atoms with E-state index in [9.17, 15) is 9.59 Å². The average molecular weight is 230 g/mol. The normalized spacial score (nSPS) is 11.1.